The molecule has 0 fully saturated rings. The first-order valence-electron chi connectivity index (χ1n) is 6.83. The van der Waals surface area contributed by atoms with E-state index in [4.69, 9.17) is 4.42 Å². The van der Waals surface area contributed by atoms with Crippen LogP contribution < -0.4 is 4.90 Å². The molecule has 0 spiro atoms. The van der Waals surface area contributed by atoms with Crippen molar-refractivity contribution >= 4 is 17.3 Å². The van der Waals surface area contributed by atoms with Crippen LogP contribution in [0.15, 0.2) is 65.5 Å². The Morgan fingerprint density at radius 3 is 1.76 bits per heavy atom. The van der Waals surface area contributed by atoms with E-state index in [1.54, 1.807) is 24.3 Å². The lowest BCUT2D eigenvalue weighted by Crippen LogP contribution is -2.23. The van der Waals surface area contributed by atoms with Gasteiger partial charge in [0.1, 0.15) is 0 Å². The summed E-state index contributed by atoms with van der Waals surface area (Å²) in [6.45, 7) is 1.59. The van der Waals surface area contributed by atoms with E-state index >= 15 is 0 Å². The molecule has 4 rings (SSSR count). The van der Waals surface area contributed by atoms with Gasteiger partial charge in [0.25, 0.3) is 0 Å². The van der Waals surface area contributed by atoms with Crippen LogP contribution in [0.2, 0.25) is 0 Å². The van der Waals surface area contributed by atoms with Gasteiger partial charge >= 0.3 is 0 Å². The number of amides is 1. The molecule has 3 nitrogen and oxygen atoms in total. The molecule has 0 aliphatic carbocycles. The second kappa shape index (κ2) is 4.35. The third-order valence-electron chi connectivity index (χ3n) is 3.85. The Balaban J connectivity index is 2.16. The molecule has 0 bridgehead atoms. The van der Waals surface area contributed by atoms with Crippen molar-refractivity contribution in [2.45, 2.75) is 6.92 Å². The van der Waals surface area contributed by atoms with Gasteiger partial charge in [-0.05, 0) is 12.1 Å². The van der Waals surface area contributed by atoms with Gasteiger partial charge in [-0.25, -0.2) is 0 Å². The number of fused-ring (bicyclic) bond motifs is 5. The minimum absolute atomic E-state index is 0.00279. The zero-order valence-electron chi connectivity index (χ0n) is 11.5. The van der Waals surface area contributed by atoms with E-state index in [1.165, 1.54) is 0 Å². The largest absolute Gasteiger partial charge is 0.471 e. The molecular formula is C18H13NO2. The van der Waals surface area contributed by atoms with Gasteiger partial charge in [0.05, 0.1) is 23.9 Å². The standard InChI is InChI=1S/C18H13NO2/c1-12(20)19-17-8-4-2-6-13(17)15-10-21-11-16(15)14-7-3-5-9-18(14)19/h2-11H,1H3. The van der Waals surface area contributed by atoms with E-state index in [9.17, 15) is 4.79 Å². The fourth-order valence-corrected chi connectivity index (χ4v) is 2.98. The summed E-state index contributed by atoms with van der Waals surface area (Å²) >= 11 is 0. The fourth-order valence-electron chi connectivity index (χ4n) is 2.98. The number of hydrogen-bond donors (Lipinski definition) is 0. The van der Waals surface area contributed by atoms with Gasteiger partial charge in [0, 0.05) is 29.2 Å². The van der Waals surface area contributed by atoms with Crippen molar-refractivity contribution < 1.29 is 9.21 Å². The third kappa shape index (κ3) is 1.64. The van der Waals surface area contributed by atoms with Crippen LogP contribution in [-0.2, 0) is 4.79 Å². The summed E-state index contributed by atoms with van der Waals surface area (Å²) in [6.07, 6.45) is 3.49. The lowest BCUT2D eigenvalue weighted by atomic mass is 9.99. The average Bonchev–Trinajstić information content (AvgIpc) is 2.93. The molecular weight excluding hydrogens is 262 g/mol. The van der Waals surface area contributed by atoms with Crippen molar-refractivity contribution in [1.82, 2.24) is 0 Å². The van der Waals surface area contributed by atoms with Crippen molar-refractivity contribution in [1.29, 1.82) is 0 Å². The molecule has 3 aromatic rings. The Kier molecular flexibility index (Phi) is 2.48. The van der Waals surface area contributed by atoms with E-state index in [0.29, 0.717) is 0 Å². The van der Waals surface area contributed by atoms with E-state index in [-0.39, 0.29) is 5.91 Å². The van der Waals surface area contributed by atoms with Crippen LogP contribution >= 0.6 is 0 Å². The number of furan rings is 1. The molecule has 1 aliphatic heterocycles. The van der Waals surface area contributed by atoms with E-state index < -0.39 is 0 Å². The van der Waals surface area contributed by atoms with E-state index in [1.807, 2.05) is 48.5 Å². The first kappa shape index (κ1) is 12.0. The molecule has 2 heterocycles. The molecule has 0 radical (unpaired) electrons. The van der Waals surface area contributed by atoms with Crippen LogP contribution in [0.1, 0.15) is 6.92 Å². The summed E-state index contributed by atoms with van der Waals surface area (Å²) < 4.78 is 5.43. The van der Waals surface area contributed by atoms with Crippen molar-refractivity contribution in [2.75, 3.05) is 4.90 Å². The van der Waals surface area contributed by atoms with Crippen LogP contribution in [0.5, 0.6) is 0 Å². The van der Waals surface area contributed by atoms with Crippen LogP contribution in [0, 0.1) is 0 Å². The van der Waals surface area contributed by atoms with Gasteiger partial charge in [-0.1, -0.05) is 36.4 Å². The summed E-state index contributed by atoms with van der Waals surface area (Å²) in [5.74, 6) is -0.00279. The number of carbonyl (C=O) groups is 1. The highest BCUT2D eigenvalue weighted by atomic mass is 16.3. The van der Waals surface area contributed by atoms with Gasteiger partial charge in [0.15, 0.2) is 0 Å². The first-order valence-corrected chi connectivity index (χ1v) is 6.83. The Hall–Kier alpha value is -2.81. The van der Waals surface area contributed by atoms with Crippen LogP contribution in [0.3, 0.4) is 0 Å². The summed E-state index contributed by atoms with van der Waals surface area (Å²) in [6, 6.07) is 15.8. The normalized spacial score (nSPS) is 12.1. The van der Waals surface area contributed by atoms with Crippen molar-refractivity contribution in [3.05, 3.63) is 61.1 Å². The van der Waals surface area contributed by atoms with Crippen molar-refractivity contribution in [2.24, 2.45) is 0 Å². The van der Waals surface area contributed by atoms with Crippen LogP contribution in [0.25, 0.3) is 22.3 Å². The predicted molar refractivity (Wildman–Crippen MR) is 82.4 cm³/mol. The Bertz CT molecular complexity index is 786. The van der Waals surface area contributed by atoms with E-state index in [0.717, 1.165) is 33.6 Å². The smallest absolute Gasteiger partial charge is 0.228 e. The molecule has 3 heteroatoms. The molecule has 1 aliphatic rings. The maximum absolute atomic E-state index is 12.3. The number of hydrogen-bond acceptors (Lipinski definition) is 2. The molecule has 0 atom stereocenters. The minimum atomic E-state index is -0.00279. The molecule has 1 aromatic heterocycles. The molecule has 0 saturated heterocycles. The fraction of sp³-hybridized carbons (Fsp3) is 0.0556. The second-order valence-electron chi connectivity index (χ2n) is 5.09. The lowest BCUT2D eigenvalue weighted by Gasteiger charge is -2.23. The molecule has 2 aromatic carbocycles. The van der Waals surface area contributed by atoms with E-state index in [2.05, 4.69) is 0 Å². The van der Waals surface area contributed by atoms with Crippen molar-refractivity contribution in [3.63, 3.8) is 0 Å². The van der Waals surface area contributed by atoms with Crippen LogP contribution in [0.4, 0.5) is 11.4 Å². The quantitative estimate of drug-likeness (QED) is 0.600. The zero-order chi connectivity index (χ0) is 14.4. The maximum atomic E-state index is 12.3. The predicted octanol–water partition coefficient (Wildman–Crippen LogP) is 4.61. The zero-order valence-corrected chi connectivity index (χ0v) is 11.5. The molecule has 0 unspecified atom stereocenters. The summed E-state index contributed by atoms with van der Waals surface area (Å²) in [5.41, 5.74) is 5.82. The summed E-state index contributed by atoms with van der Waals surface area (Å²) in [4.78, 5) is 14.0. The Morgan fingerprint density at radius 1 is 0.810 bits per heavy atom. The molecule has 0 N–H and O–H groups in total. The Labute approximate surface area is 122 Å². The highest BCUT2D eigenvalue weighted by Gasteiger charge is 2.27. The van der Waals surface area contributed by atoms with Crippen molar-refractivity contribution in [3.8, 4) is 22.3 Å². The third-order valence-corrected chi connectivity index (χ3v) is 3.85. The number of anilines is 2. The molecule has 21 heavy (non-hydrogen) atoms. The average molecular weight is 275 g/mol. The maximum Gasteiger partial charge on any atom is 0.228 e. The van der Waals surface area contributed by atoms with Gasteiger partial charge in [0.2, 0.25) is 5.91 Å². The number of carbonyl (C=O) groups excluding carboxylic acids is 1. The van der Waals surface area contributed by atoms with Gasteiger partial charge in [-0.3, -0.25) is 9.69 Å². The highest BCUT2D eigenvalue weighted by molar-refractivity contribution is 6.10. The van der Waals surface area contributed by atoms with Gasteiger partial charge in [-0.2, -0.15) is 0 Å². The SMILES string of the molecule is CC(=O)N1c2ccccc2-c2cocc2-c2ccccc21. The Morgan fingerprint density at radius 2 is 1.29 bits per heavy atom. The highest BCUT2D eigenvalue weighted by Crippen LogP contribution is 2.47. The van der Waals surface area contributed by atoms with Crippen LogP contribution in [-0.4, -0.2) is 5.91 Å². The monoisotopic (exact) mass is 275 g/mol. The second-order valence-corrected chi connectivity index (χ2v) is 5.09. The number of nitrogens with zero attached hydrogens (tertiary/aromatic N) is 1. The van der Waals surface area contributed by atoms with Gasteiger partial charge in [-0.15, -0.1) is 0 Å². The minimum Gasteiger partial charge on any atom is -0.471 e. The van der Waals surface area contributed by atoms with Gasteiger partial charge < -0.3 is 4.42 Å². The molecule has 1 amide bonds. The molecule has 102 valence electrons. The first-order chi connectivity index (χ1) is 10.3. The number of rotatable bonds is 0. The summed E-state index contributed by atoms with van der Waals surface area (Å²) in [5, 5.41) is 0. The number of benzene rings is 2. The lowest BCUT2D eigenvalue weighted by molar-refractivity contribution is -0.115. The molecule has 0 saturated carbocycles. The topological polar surface area (TPSA) is 33.5 Å². The summed E-state index contributed by atoms with van der Waals surface area (Å²) in [7, 11) is 0. The number of para-hydroxylation sites is 2.